The highest BCUT2D eigenvalue weighted by atomic mass is 16.4. The molecule has 1 aromatic carbocycles. The summed E-state index contributed by atoms with van der Waals surface area (Å²) < 4.78 is 3.07. The van der Waals surface area contributed by atoms with Crippen LogP contribution < -0.4 is 5.56 Å². The fourth-order valence-electron chi connectivity index (χ4n) is 3.03. The fourth-order valence-corrected chi connectivity index (χ4v) is 3.03. The Labute approximate surface area is 144 Å². The molecule has 0 saturated heterocycles. The van der Waals surface area contributed by atoms with Gasteiger partial charge in [0, 0.05) is 13.0 Å². The number of nitrogens with zero attached hydrogens (tertiary/aromatic N) is 4. The van der Waals surface area contributed by atoms with Crippen LogP contribution in [0.5, 0.6) is 0 Å². The number of aromatic nitrogens is 4. The summed E-state index contributed by atoms with van der Waals surface area (Å²) in [5.74, 6) is -0.884. The molecule has 2 heterocycles. The first-order valence-electron chi connectivity index (χ1n) is 8.14. The molecule has 0 radical (unpaired) electrons. The molecule has 0 spiro atoms. The van der Waals surface area contributed by atoms with Crippen molar-refractivity contribution < 1.29 is 9.90 Å². The maximum absolute atomic E-state index is 12.7. The third-order valence-corrected chi connectivity index (χ3v) is 4.19. The molecule has 0 saturated carbocycles. The summed E-state index contributed by atoms with van der Waals surface area (Å²) in [6.07, 6.45) is 0.354. The first kappa shape index (κ1) is 16.9. The van der Waals surface area contributed by atoms with Crippen molar-refractivity contribution in [2.75, 3.05) is 0 Å². The lowest BCUT2D eigenvalue weighted by molar-refractivity contribution is -0.137. The van der Waals surface area contributed by atoms with Gasteiger partial charge in [-0.05, 0) is 44.9 Å². The zero-order valence-electron chi connectivity index (χ0n) is 14.5. The van der Waals surface area contributed by atoms with Gasteiger partial charge in [-0.3, -0.25) is 9.59 Å². The van der Waals surface area contributed by atoms with E-state index < -0.39 is 5.97 Å². The molecule has 0 unspecified atom stereocenters. The first-order chi connectivity index (χ1) is 11.9. The first-order valence-corrected chi connectivity index (χ1v) is 8.14. The molecule has 7 nitrogen and oxygen atoms in total. The maximum atomic E-state index is 12.7. The van der Waals surface area contributed by atoms with Crippen molar-refractivity contribution in [1.82, 2.24) is 19.6 Å². The van der Waals surface area contributed by atoms with Crippen molar-refractivity contribution in [3.05, 3.63) is 51.6 Å². The van der Waals surface area contributed by atoms with Crippen LogP contribution in [0.25, 0.3) is 16.6 Å². The van der Waals surface area contributed by atoms with E-state index >= 15 is 0 Å². The summed E-state index contributed by atoms with van der Waals surface area (Å²) in [7, 11) is 0. The summed E-state index contributed by atoms with van der Waals surface area (Å²) in [5, 5.41) is 18.4. The predicted molar refractivity (Wildman–Crippen MR) is 94.2 cm³/mol. The molecule has 7 heteroatoms. The smallest absolute Gasteiger partial charge is 0.303 e. The molecule has 25 heavy (non-hydrogen) atoms. The number of aryl methyl sites for hydroxylation is 4. The standard InChI is InChI=1S/C18H20N4O3/c1-11-6-4-7-14(10-11)22-13(3)16-12(2)19-21(9-5-8-15(23)24)18(25)17(16)20-22/h4,6-7,10H,5,8-9H2,1-3H3,(H,23,24). The summed E-state index contributed by atoms with van der Waals surface area (Å²) in [4.78, 5) is 23.4. The van der Waals surface area contributed by atoms with E-state index in [9.17, 15) is 9.59 Å². The Hall–Kier alpha value is -2.96. The molecule has 0 aliphatic heterocycles. The van der Waals surface area contributed by atoms with E-state index in [1.54, 1.807) is 4.68 Å². The van der Waals surface area contributed by atoms with Crippen molar-refractivity contribution >= 4 is 16.9 Å². The third kappa shape index (κ3) is 3.17. The Balaban J connectivity index is 2.11. The van der Waals surface area contributed by atoms with Crippen LogP contribution in [0.15, 0.2) is 29.1 Å². The number of carboxylic acids is 1. The number of benzene rings is 1. The number of rotatable bonds is 5. The second-order valence-electron chi connectivity index (χ2n) is 6.17. The molecule has 0 bridgehead atoms. The number of hydrogen-bond donors (Lipinski definition) is 1. The number of aliphatic carboxylic acids is 1. The monoisotopic (exact) mass is 340 g/mol. The Kier molecular flexibility index (Phi) is 4.39. The topological polar surface area (TPSA) is 90.0 Å². The Bertz CT molecular complexity index is 1020. The van der Waals surface area contributed by atoms with Gasteiger partial charge in [0.25, 0.3) is 5.56 Å². The molecule has 1 N–H and O–H groups in total. The van der Waals surface area contributed by atoms with Crippen LogP contribution >= 0.6 is 0 Å². The van der Waals surface area contributed by atoms with Crippen LogP contribution in [0.1, 0.15) is 29.8 Å². The van der Waals surface area contributed by atoms with Gasteiger partial charge in [0.1, 0.15) is 0 Å². The average Bonchev–Trinajstić information content (AvgIpc) is 2.90. The average molecular weight is 340 g/mol. The highest BCUT2D eigenvalue weighted by molar-refractivity contribution is 5.83. The van der Waals surface area contributed by atoms with E-state index in [0.717, 1.165) is 22.3 Å². The number of fused-ring (bicyclic) bond motifs is 1. The van der Waals surface area contributed by atoms with Gasteiger partial charge in [-0.2, -0.15) is 10.2 Å². The molecule has 2 aromatic heterocycles. The van der Waals surface area contributed by atoms with Gasteiger partial charge in [-0.25, -0.2) is 9.36 Å². The highest BCUT2D eigenvalue weighted by Gasteiger charge is 2.17. The minimum atomic E-state index is -0.884. The van der Waals surface area contributed by atoms with Crippen LogP contribution in [0.4, 0.5) is 0 Å². The molecule has 0 fully saturated rings. The second kappa shape index (κ2) is 6.51. The van der Waals surface area contributed by atoms with E-state index in [4.69, 9.17) is 5.11 Å². The van der Waals surface area contributed by atoms with Crippen molar-refractivity contribution in [2.45, 2.75) is 40.2 Å². The van der Waals surface area contributed by atoms with E-state index in [2.05, 4.69) is 10.2 Å². The lowest BCUT2D eigenvalue weighted by atomic mass is 10.2. The van der Waals surface area contributed by atoms with Crippen molar-refractivity contribution in [3.8, 4) is 5.69 Å². The number of carbonyl (C=O) groups is 1. The molecule has 3 aromatic rings. The van der Waals surface area contributed by atoms with Crippen LogP contribution in [-0.2, 0) is 11.3 Å². The number of carboxylic acid groups (broad SMARTS) is 1. The maximum Gasteiger partial charge on any atom is 0.303 e. The van der Waals surface area contributed by atoms with Gasteiger partial charge in [-0.1, -0.05) is 12.1 Å². The van der Waals surface area contributed by atoms with E-state index in [0.29, 0.717) is 17.6 Å². The Morgan fingerprint density at radius 3 is 2.64 bits per heavy atom. The molecule has 0 amide bonds. The van der Waals surface area contributed by atoms with Gasteiger partial charge in [0.2, 0.25) is 0 Å². The summed E-state index contributed by atoms with van der Waals surface area (Å²) >= 11 is 0. The molecule has 3 rings (SSSR count). The molecule has 130 valence electrons. The van der Waals surface area contributed by atoms with Crippen molar-refractivity contribution in [2.24, 2.45) is 0 Å². The minimum Gasteiger partial charge on any atom is -0.481 e. The largest absolute Gasteiger partial charge is 0.481 e. The summed E-state index contributed by atoms with van der Waals surface area (Å²) in [6, 6.07) is 7.91. The summed E-state index contributed by atoms with van der Waals surface area (Å²) in [5.41, 5.74) is 3.64. The van der Waals surface area contributed by atoms with Crippen LogP contribution in [0.2, 0.25) is 0 Å². The van der Waals surface area contributed by atoms with Crippen LogP contribution in [-0.4, -0.2) is 30.6 Å². The van der Waals surface area contributed by atoms with Gasteiger partial charge < -0.3 is 5.11 Å². The zero-order valence-corrected chi connectivity index (χ0v) is 14.5. The summed E-state index contributed by atoms with van der Waals surface area (Å²) in [6.45, 7) is 6.02. The Morgan fingerprint density at radius 1 is 1.20 bits per heavy atom. The molecule has 0 aliphatic rings. The predicted octanol–water partition coefficient (Wildman–Crippen LogP) is 2.37. The molecule has 0 atom stereocenters. The van der Waals surface area contributed by atoms with Crippen molar-refractivity contribution in [1.29, 1.82) is 0 Å². The second-order valence-corrected chi connectivity index (χ2v) is 6.17. The van der Waals surface area contributed by atoms with E-state index in [-0.39, 0.29) is 18.5 Å². The van der Waals surface area contributed by atoms with Gasteiger partial charge in [0.05, 0.1) is 22.5 Å². The SMILES string of the molecule is Cc1cccc(-n2nc3c(=O)n(CCCC(=O)O)nc(C)c3c2C)c1. The van der Waals surface area contributed by atoms with Crippen LogP contribution in [0, 0.1) is 20.8 Å². The lowest BCUT2D eigenvalue weighted by Crippen LogP contribution is -2.24. The number of hydrogen-bond acceptors (Lipinski definition) is 4. The quantitative estimate of drug-likeness (QED) is 0.770. The van der Waals surface area contributed by atoms with Gasteiger partial charge in [0.15, 0.2) is 5.52 Å². The van der Waals surface area contributed by atoms with Crippen molar-refractivity contribution in [3.63, 3.8) is 0 Å². The van der Waals surface area contributed by atoms with Gasteiger partial charge >= 0.3 is 5.97 Å². The van der Waals surface area contributed by atoms with E-state index in [1.807, 2.05) is 45.0 Å². The Morgan fingerprint density at radius 2 is 1.96 bits per heavy atom. The zero-order chi connectivity index (χ0) is 18.1. The lowest BCUT2D eigenvalue weighted by Gasteiger charge is -2.06. The fraction of sp³-hybridized carbons (Fsp3) is 0.333. The molecular formula is C18H20N4O3. The molecular weight excluding hydrogens is 320 g/mol. The minimum absolute atomic E-state index is 0.00195. The van der Waals surface area contributed by atoms with E-state index in [1.165, 1.54) is 4.68 Å². The van der Waals surface area contributed by atoms with Gasteiger partial charge in [-0.15, -0.1) is 0 Å². The normalized spacial score (nSPS) is 11.2. The van der Waals surface area contributed by atoms with Crippen LogP contribution in [0.3, 0.4) is 0 Å². The molecule has 0 aliphatic carbocycles. The third-order valence-electron chi connectivity index (χ3n) is 4.19. The highest BCUT2D eigenvalue weighted by Crippen LogP contribution is 2.21.